The molecule has 2 aliphatic rings. The van der Waals surface area contributed by atoms with E-state index in [0.29, 0.717) is 12.5 Å². The van der Waals surface area contributed by atoms with E-state index < -0.39 is 10.0 Å². The molecule has 22 heavy (non-hydrogen) atoms. The first kappa shape index (κ1) is 15.1. The van der Waals surface area contributed by atoms with Gasteiger partial charge in [0.15, 0.2) is 0 Å². The first-order chi connectivity index (χ1) is 10.5. The molecular formula is C16H21N3O2S. The monoisotopic (exact) mass is 319 g/mol. The molecule has 0 bridgehead atoms. The highest BCUT2D eigenvalue weighted by atomic mass is 32.2. The lowest BCUT2D eigenvalue weighted by Gasteiger charge is -2.28. The molecule has 2 heterocycles. The number of allylic oxidation sites excluding steroid dienone is 1. The smallest absolute Gasteiger partial charge is 0.235 e. The molecule has 0 spiro atoms. The molecule has 0 radical (unpaired) electrons. The molecule has 0 aromatic heterocycles. The largest absolute Gasteiger partial charge is 0.283 e. The summed E-state index contributed by atoms with van der Waals surface area (Å²) in [7, 11) is -3.15. The second-order valence-corrected chi connectivity index (χ2v) is 7.97. The minimum Gasteiger partial charge on any atom is -0.283 e. The molecule has 2 aliphatic heterocycles. The fourth-order valence-electron chi connectivity index (χ4n) is 2.99. The predicted molar refractivity (Wildman–Crippen MR) is 89.4 cm³/mol. The summed E-state index contributed by atoms with van der Waals surface area (Å²) < 4.78 is 25.8. The quantitative estimate of drug-likeness (QED) is 0.911. The second kappa shape index (κ2) is 5.76. The van der Waals surface area contributed by atoms with Crippen molar-refractivity contribution in [1.82, 2.24) is 5.43 Å². The molecule has 0 aliphatic carbocycles. The zero-order valence-corrected chi connectivity index (χ0v) is 13.6. The average molecular weight is 319 g/mol. The molecule has 1 atom stereocenters. The van der Waals surface area contributed by atoms with Crippen molar-refractivity contribution in [3.8, 4) is 0 Å². The molecule has 1 N–H and O–H groups in total. The number of hydrazone groups is 1. The van der Waals surface area contributed by atoms with Gasteiger partial charge in [-0.05, 0) is 37.0 Å². The summed E-state index contributed by atoms with van der Waals surface area (Å²) >= 11 is 0. The predicted octanol–water partition coefficient (Wildman–Crippen LogP) is 2.46. The minimum absolute atomic E-state index is 0.241. The lowest BCUT2D eigenvalue weighted by atomic mass is 9.93. The van der Waals surface area contributed by atoms with E-state index >= 15 is 0 Å². The molecular weight excluding hydrogens is 298 g/mol. The molecule has 0 saturated carbocycles. The van der Waals surface area contributed by atoms with Crippen LogP contribution in [0.5, 0.6) is 0 Å². The van der Waals surface area contributed by atoms with E-state index in [-0.39, 0.29) is 5.75 Å². The van der Waals surface area contributed by atoms with Gasteiger partial charge in [-0.3, -0.25) is 9.73 Å². The van der Waals surface area contributed by atoms with Crippen LogP contribution in [0.1, 0.15) is 31.7 Å². The summed E-state index contributed by atoms with van der Waals surface area (Å²) in [5.74, 6) is 0.545. The molecule has 1 saturated heterocycles. The Kier molecular flexibility index (Phi) is 3.95. The van der Waals surface area contributed by atoms with E-state index in [0.717, 1.165) is 41.9 Å². The normalized spacial score (nSPS) is 24.6. The van der Waals surface area contributed by atoms with Crippen LogP contribution in [0.15, 0.2) is 41.6 Å². The van der Waals surface area contributed by atoms with Gasteiger partial charge in [-0.15, -0.1) is 0 Å². The van der Waals surface area contributed by atoms with E-state index in [1.165, 1.54) is 4.31 Å². The summed E-state index contributed by atoms with van der Waals surface area (Å²) in [6.07, 6.45) is 2.53. The number of sulfonamides is 1. The minimum atomic E-state index is -3.15. The Balaban J connectivity index is 1.86. The maximum Gasteiger partial charge on any atom is 0.235 e. The Morgan fingerprint density at radius 3 is 2.64 bits per heavy atom. The maximum absolute atomic E-state index is 12.1. The van der Waals surface area contributed by atoms with Crippen molar-refractivity contribution in [2.45, 2.75) is 26.2 Å². The van der Waals surface area contributed by atoms with Crippen molar-refractivity contribution in [3.05, 3.63) is 42.1 Å². The number of nitrogens with zero attached hydrogens (tertiary/aromatic N) is 2. The molecule has 0 unspecified atom stereocenters. The van der Waals surface area contributed by atoms with Crippen LogP contribution < -0.4 is 9.73 Å². The van der Waals surface area contributed by atoms with Crippen LogP contribution in [0.25, 0.3) is 0 Å². The number of hydrogen-bond donors (Lipinski definition) is 1. The van der Waals surface area contributed by atoms with Gasteiger partial charge in [0.1, 0.15) is 0 Å². The Labute approximate surface area is 131 Å². The number of anilines is 1. The van der Waals surface area contributed by atoms with Crippen molar-refractivity contribution in [1.29, 1.82) is 0 Å². The zero-order chi connectivity index (χ0) is 15.7. The molecule has 1 aromatic rings. The van der Waals surface area contributed by atoms with Crippen LogP contribution in [0.4, 0.5) is 5.69 Å². The highest BCUT2D eigenvalue weighted by molar-refractivity contribution is 7.92. The van der Waals surface area contributed by atoms with Crippen molar-refractivity contribution in [3.63, 3.8) is 0 Å². The van der Waals surface area contributed by atoms with Crippen molar-refractivity contribution in [2.24, 2.45) is 11.0 Å². The summed E-state index contributed by atoms with van der Waals surface area (Å²) in [6.45, 7) is 6.58. The fraction of sp³-hybridized carbons (Fsp3) is 0.438. The van der Waals surface area contributed by atoms with Crippen LogP contribution in [0.3, 0.4) is 0 Å². The maximum atomic E-state index is 12.1. The summed E-state index contributed by atoms with van der Waals surface area (Å²) in [5, 5.41) is 4.37. The molecule has 5 nitrogen and oxygen atoms in total. The molecule has 3 rings (SSSR count). The Hall–Kier alpha value is -1.82. The Morgan fingerprint density at radius 2 is 2.00 bits per heavy atom. The van der Waals surface area contributed by atoms with Crippen LogP contribution in [-0.2, 0) is 10.0 Å². The highest BCUT2D eigenvalue weighted by Gasteiger charge is 2.26. The van der Waals surface area contributed by atoms with E-state index in [4.69, 9.17) is 0 Å². The summed E-state index contributed by atoms with van der Waals surface area (Å²) in [5.41, 5.74) is 6.61. The van der Waals surface area contributed by atoms with Gasteiger partial charge in [0.2, 0.25) is 10.0 Å². The lowest BCUT2D eigenvalue weighted by molar-refractivity contribution is 0.574. The third-order valence-electron chi connectivity index (χ3n) is 4.15. The Morgan fingerprint density at radius 1 is 1.27 bits per heavy atom. The molecule has 0 amide bonds. The van der Waals surface area contributed by atoms with E-state index in [1.54, 1.807) is 0 Å². The van der Waals surface area contributed by atoms with E-state index in [9.17, 15) is 8.42 Å². The molecule has 118 valence electrons. The first-order valence-electron chi connectivity index (χ1n) is 7.59. The summed E-state index contributed by atoms with van der Waals surface area (Å²) in [6, 6.07) is 7.64. The average Bonchev–Trinajstić information content (AvgIpc) is 2.47. The van der Waals surface area contributed by atoms with Gasteiger partial charge in [-0.25, -0.2) is 8.42 Å². The van der Waals surface area contributed by atoms with Gasteiger partial charge in [0.05, 0.1) is 17.2 Å². The van der Waals surface area contributed by atoms with Crippen molar-refractivity contribution >= 4 is 21.4 Å². The zero-order valence-electron chi connectivity index (χ0n) is 12.7. The topological polar surface area (TPSA) is 61.8 Å². The van der Waals surface area contributed by atoms with Crippen LogP contribution in [0, 0.1) is 5.92 Å². The molecule has 6 heteroatoms. The van der Waals surface area contributed by atoms with E-state index in [2.05, 4.69) is 24.0 Å². The lowest BCUT2D eigenvalue weighted by Crippen LogP contribution is -2.37. The van der Waals surface area contributed by atoms with Crippen LogP contribution in [-0.4, -0.2) is 26.4 Å². The number of rotatable bonds is 2. The standard InChI is InChI=1S/C16H21N3O2S/c1-12-11-13(2)17-18-16(12)14-5-7-15(8-6-14)19-9-3-4-10-22(19,20)21/h5-8,12,17H,2-4,9-11H2,1H3/t12-/m1/s1. The third-order valence-corrected chi connectivity index (χ3v) is 6.02. The van der Waals surface area contributed by atoms with Gasteiger partial charge in [0, 0.05) is 18.2 Å². The van der Waals surface area contributed by atoms with Gasteiger partial charge < -0.3 is 0 Å². The van der Waals surface area contributed by atoms with Crippen LogP contribution >= 0.6 is 0 Å². The van der Waals surface area contributed by atoms with Gasteiger partial charge in [-0.2, -0.15) is 5.10 Å². The number of nitrogens with one attached hydrogen (secondary N) is 1. The van der Waals surface area contributed by atoms with Crippen LogP contribution in [0.2, 0.25) is 0 Å². The SMILES string of the molecule is C=C1C[C@@H](C)C(c2ccc(N3CCCCS3(=O)=O)cc2)=NN1. The highest BCUT2D eigenvalue weighted by Crippen LogP contribution is 2.26. The van der Waals surface area contributed by atoms with Gasteiger partial charge in [0.25, 0.3) is 0 Å². The van der Waals surface area contributed by atoms with Crippen molar-refractivity contribution in [2.75, 3.05) is 16.6 Å². The van der Waals surface area contributed by atoms with Gasteiger partial charge in [-0.1, -0.05) is 25.6 Å². The molecule has 1 aromatic carbocycles. The fourth-order valence-corrected chi connectivity index (χ4v) is 4.63. The molecule has 1 fully saturated rings. The number of hydrogen-bond acceptors (Lipinski definition) is 4. The summed E-state index contributed by atoms with van der Waals surface area (Å²) in [4.78, 5) is 0. The van der Waals surface area contributed by atoms with Gasteiger partial charge >= 0.3 is 0 Å². The van der Waals surface area contributed by atoms with Crippen molar-refractivity contribution < 1.29 is 8.42 Å². The van der Waals surface area contributed by atoms with E-state index in [1.807, 2.05) is 24.3 Å². The first-order valence-corrected chi connectivity index (χ1v) is 9.20. The Bertz CT molecular complexity index is 707. The second-order valence-electron chi connectivity index (χ2n) is 5.96. The number of benzene rings is 1. The third kappa shape index (κ3) is 2.88.